The lowest BCUT2D eigenvalue weighted by Gasteiger charge is -2.34. The Balaban J connectivity index is 2.87. The van der Waals surface area contributed by atoms with Crippen LogP contribution in [0.25, 0.3) is 0 Å². The van der Waals surface area contributed by atoms with Crippen LogP contribution in [0.5, 0.6) is 0 Å². The van der Waals surface area contributed by atoms with Crippen LogP contribution >= 0.6 is 0 Å². The van der Waals surface area contributed by atoms with Gasteiger partial charge in [-0.15, -0.1) is 0 Å². The summed E-state index contributed by atoms with van der Waals surface area (Å²) in [6.45, 7) is 12.3. The molecule has 0 aliphatic rings. The zero-order valence-corrected chi connectivity index (χ0v) is 15.8. The average Bonchev–Trinajstić information content (AvgIpc) is 2.61. The van der Waals surface area contributed by atoms with Crippen molar-refractivity contribution in [2.75, 3.05) is 0 Å². The second-order valence-corrected chi connectivity index (χ2v) is 6.40. The van der Waals surface area contributed by atoms with Gasteiger partial charge in [-0.1, -0.05) is 103 Å². The number of aryl methyl sites for hydroxylation is 2. The molecule has 0 saturated carbocycles. The lowest BCUT2D eigenvalue weighted by molar-refractivity contribution is 0.774. The molecule has 2 aromatic rings. The molecule has 0 atom stereocenters. The number of benzene rings is 2. The van der Waals surface area contributed by atoms with Gasteiger partial charge in [-0.05, 0) is 44.4 Å². The molecule has 2 rings (SSSR count). The summed E-state index contributed by atoms with van der Waals surface area (Å²) in [6, 6.07) is 17.7. The molecule has 128 valence electrons. The number of hydrogen-bond donors (Lipinski definition) is 0. The standard InChI is InChI=1S/C25H28/c1-6-9-22(10-7-2)25(19-8-3,23-15-11-20(4)12-16-23)24-17-13-21(5)14-18-24/h6-19H,1H2,2-5H3/b10-7-,19-8+,22-9+. The summed E-state index contributed by atoms with van der Waals surface area (Å²) in [4.78, 5) is 0. The van der Waals surface area contributed by atoms with Crippen LogP contribution in [0.15, 0.2) is 97.1 Å². The smallest absolute Gasteiger partial charge is 0.0631 e. The zero-order valence-electron chi connectivity index (χ0n) is 15.8. The molecule has 0 radical (unpaired) electrons. The topological polar surface area (TPSA) is 0 Å². The highest BCUT2D eigenvalue weighted by atomic mass is 14.4. The summed E-state index contributed by atoms with van der Waals surface area (Å²) in [5.41, 5.74) is 5.91. The van der Waals surface area contributed by atoms with Crippen LogP contribution in [0.1, 0.15) is 36.1 Å². The molecule has 0 heterocycles. The maximum atomic E-state index is 3.94. The second-order valence-electron chi connectivity index (χ2n) is 6.40. The Morgan fingerprint density at radius 3 is 1.64 bits per heavy atom. The highest BCUT2D eigenvalue weighted by Gasteiger charge is 2.34. The van der Waals surface area contributed by atoms with Crippen LogP contribution in [-0.4, -0.2) is 0 Å². The monoisotopic (exact) mass is 328 g/mol. The van der Waals surface area contributed by atoms with E-state index in [1.165, 1.54) is 27.8 Å². The van der Waals surface area contributed by atoms with Crippen molar-refractivity contribution in [3.63, 3.8) is 0 Å². The summed E-state index contributed by atoms with van der Waals surface area (Å²) in [6.07, 6.45) is 12.7. The van der Waals surface area contributed by atoms with Gasteiger partial charge in [0, 0.05) is 0 Å². The molecule has 0 unspecified atom stereocenters. The van der Waals surface area contributed by atoms with Crippen LogP contribution in [-0.2, 0) is 5.41 Å². The van der Waals surface area contributed by atoms with Crippen LogP contribution in [0.3, 0.4) is 0 Å². The fourth-order valence-corrected chi connectivity index (χ4v) is 3.30. The predicted octanol–water partition coefficient (Wildman–Crippen LogP) is 6.85. The maximum Gasteiger partial charge on any atom is 0.0631 e. The molecule has 0 fully saturated rings. The van der Waals surface area contributed by atoms with Gasteiger partial charge < -0.3 is 0 Å². The first kappa shape index (κ1) is 18.7. The van der Waals surface area contributed by atoms with Crippen LogP contribution in [0, 0.1) is 13.8 Å². The SMILES string of the molecule is C=C/C=C(\C=C/C)C(/C=C/C)(c1ccc(C)cc1)c1ccc(C)cc1. The van der Waals surface area contributed by atoms with E-state index < -0.39 is 0 Å². The molecule has 25 heavy (non-hydrogen) atoms. The minimum atomic E-state index is -0.336. The third-order valence-electron chi connectivity index (χ3n) is 4.53. The van der Waals surface area contributed by atoms with Gasteiger partial charge in [0.1, 0.15) is 0 Å². The normalized spacial score (nSPS) is 12.9. The van der Waals surface area contributed by atoms with Gasteiger partial charge in [0.2, 0.25) is 0 Å². The van der Waals surface area contributed by atoms with Crippen molar-refractivity contribution < 1.29 is 0 Å². The first-order chi connectivity index (χ1) is 12.1. The third kappa shape index (κ3) is 3.91. The van der Waals surface area contributed by atoms with E-state index in [1.54, 1.807) is 0 Å². The van der Waals surface area contributed by atoms with Crippen molar-refractivity contribution in [2.24, 2.45) is 0 Å². The highest BCUT2D eigenvalue weighted by Crippen LogP contribution is 2.42. The first-order valence-corrected chi connectivity index (χ1v) is 8.82. The Hall–Kier alpha value is -2.60. The minimum absolute atomic E-state index is 0.336. The van der Waals surface area contributed by atoms with Crippen LogP contribution < -0.4 is 0 Å². The van der Waals surface area contributed by atoms with Gasteiger partial charge in [0.15, 0.2) is 0 Å². The number of allylic oxidation sites excluding steroid dienone is 7. The Morgan fingerprint density at radius 2 is 1.28 bits per heavy atom. The second kappa shape index (κ2) is 8.48. The molecule has 0 N–H and O–H groups in total. The summed E-state index contributed by atoms with van der Waals surface area (Å²) in [5, 5.41) is 0. The highest BCUT2D eigenvalue weighted by molar-refractivity contribution is 5.58. The quantitative estimate of drug-likeness (QED) is 0.401. The van der Waals surface area contributed by atoms with E-state index in [2.05, 4.69) is 113 Å². The van der Waals surface area contributed by atoms with E-state index in [1.807, 2.05) is 6.08 Å². The molecule has 0 amide bonds. The Labute approximate surface area is 152 Å². The molecule has 0 heteroatoms. The number of hydrogen-bond acceptors (Lipinski definition) is 0. The van der Waals surface area contributed by atoms with Crippen molar-refractivity contribution in [1.29, 1.82) is 0 Å². The molecular formula is C25H28. The maximum absolute atomic E-state index is 3.94. The lowest BCUT2D eigenvalue weighted by atomic mass is 9.68. The van der Waals surface area contributed by atoms with E-state index in [9.17, 15) is 0 Å². The fourth-order valence-electron chi connectivity index (χ4n) is 3.30. The van der Waals surface area contributed by atoms with E-state index in [4.69, 9.17) is 0 Å². The van der Waals surface area contributed by atoms with Gasteiger partial charge >= 0.3 is 0 Å². The van der Waals surface area contributed by atoms with E-state index >= 15 is 0 Å². The zero-order chi connectivity index (χ0) is 18.3. The summed E-state index contributed by atoms with van der Waals surface area (Å²) < 4.78 is 0. The van der Waals surface area contributed by atoms with Gasteiger partial charge in [-0.3, -0.25) is 0 Å². The summed E-state index contributed by atoms with van der Waals surface area (Å²) >= 11 is 0. The minimum Gasteiger partial charge on any atom is -0.0991 e. The van der Waals surface area contributed by atoms with Crippen molar-refractivity contribution >= 4 is 0 Å². The van der Waals surface area contributed by atoms with E-state index in [0.29, 0.717) is 0 Å². The first-order valence-electron chi connectivity index (χ1n) is 8.82. The Morgan fingerprint density at radius 1 is 0.800 bits per heavy atom. The Kier molecular flexibility index (Phi) is 6.36. The predicted molar refractivity (Wildman–Crippen MR) is 111 cm³/mol. The van der Waals surface area contributed by atoms with Gasteiger partial charge in [-0.2, -0.15) is 0 Å². The van der Waals surface area contributed by atoms with Crippen molar-refractivity contribution in [3.8, 4) is 0 Å². The fraction of sp³-hybridized carbons (Fsp3) is 0.200. The molecule has 0 aliphatic heterocycles. The molecule has 0 aromatic heterocycles. The molecule has 0 bridgehead atoms. The molecular weight excluding hydrogens is 300 g/mol. The van der Waals surface area contributed by atoms with Gasteiger partial charge in [0.25, 0.3) is 0 Å². The van der Waals surface area contributed by atoms with Crippen molar-refractivity contribution in [3.05, 3.63) is 119 Å². The third-order valence-corrected chi connectivity index (χ3v) is 4.53. The average molecular weight is 328 g/mol. The van der Waals surface area contributed by atoms with Crippen LogP contribution in [0.4, 0.5) is 0 Å². The van der Waals surface area contributed by atoms with E-state index in [0.717, 1.165) is 0 Å². The number of rotatable bonds is 6. The summed E-state index contributed by atoms with van der Waals surface area (Å²) in [5.74, 6) is 0. The van der Waals surface area contributed by atoms with Gasteiger partial charge in [-0.25, -0.2) is 0 Å². The van der Waals surface area contributed by atoms with Crippen molar-refractivity contribution in [2.45, 2.75) is 33.1 Å². The van der Waals surface area contributed by atoms with Crippen LogP contribution in [0.2, 0.25) is 0 Å². The Bertz CT molecular complexity index is 735. The molecule has 0 spiro atoms. The van der Waals surface area contributed by atoms with Crippen molar-refractivity contribution in [1.82, 2.24) is 0 Å². The summed E-state index contributed by atoms with van der Waals surface area (Å²) in [7, 11) is 0. The molecule has 0 nitrogen and oxygen atoms in total. The van der Waals surface area contributed by atoms with E-state index in [-0.39, 0.29) is 5.41 Å². The largest absolute Gasteiger partial charge is 0.0991 e. The van der Waals surface area contributed by atoms with Gasteiger partial charge in [0.05, 0.1) is 5.41 Å². The molecule has 2 aromatic carbocycles. The lowest BCUT2D eigenvalue weighted by Crippen LogP contribution is -2.27. The molecule has 0 saturated heterocycles. The molecule has 0 aliphatic carbocycles.